The minimum Gasteiger partial charge on any atom is -0.330 e. The van der Waals surface area contributed by atoms with Crippen molar-refractivity contribution in [2.75, 3.05) is 6.54 Å². The molecule has 0 radical (unpaired) electrons. The fraction of sp³-hybridized carbons (Fsp3) is 0.704. The Bertz CT molecular complexity index is 641. The first-order valence-electron chi connectivity index (χ1n) is 13.0. The third kappa shape index (κ3) is 13.9. The molecule has 0 amide bonds. The first-order valence-corrected chi connectivity index (χ1v) is 13.5. The molecule has 0 saturated heterocycles. The van der Waals surface area contributed by atoms with Gasteiger partial charge in [0.05, 0.1) is 0 Å². The Morgan fingerprint density at radius 3 is 1.50 bits per heavy atom. The first kappa shape index (κ1) is 28.7. The second-order valence-corrected chi connectivity index (χ2v) is 9.24. The molecule has 5 heteroatoms. The zero-order valence-corrected chi connectivity index (χ0v) is 21.7. The van der Waals surface area contributed by atoms with Crippen molar-refractivity contribution < 1.29 is 0 Å². The molecule has 1 aromatic carbocycles. The largest absolute Gasteiger partial charge is 0.330 e. The van der Waals surface area contributed by atoms with Crippen molar-refractivity contribution >= 4 is 12.6 Å². The number of hydrogen-bond donors (Lipinski definition) is 2. The lowest BCUT2D eigenvalue weighted by atomic mass is 10.0. The lowest BCUT2D eigenvalue weighted by Gasteiger charge is -2.03. The van der Waals surface area contributed by atoms with Gasteiger partial charge in [-0.1, -0.05) is 134 Å². The number of hydrogen-bond acceptors (Lipinski definition) is 4. The summed E-state index contributed by atoms with van der Waals surface area (Å²) in [5, 5.41) is 8.52. The fourth-order valence-electron chi connectivity index (χ4n) is 3.85. The van der Waals surface area contributed by atoms with E-state index in [9.17, 15) is 0 Å². The molecule has 0 spiro atoms. The summed E-state index contributed by atoms with van der Waals surface area (Å²) in [6.07, 6.45) is 22.9. The Morgan fingerprint density at radius 1 is 0.688 bits per heavy atom. The topological polar surface area (TPSA) is 56.7 Å². The van der Waals surface area contributed by atoms with Gasteiger partial charge in [0.25, 0.3) is 0 Å². The molecule has 0 fully saturated rings. The molecular formula is C27H48N4S. The summed E-state index contributed by atoms with van der Waals surface area (Å²) in [5.74, 6) is 0.839. The van der Waals surface area contributed by atoms with Gasteiger partial charge in [-0.25, -0.2) is 0 Å². The van der Waals surface area contributed by atoms with Gasteiger partial charge in [-0.15, -0.1) is 22.8 Å². The fourth-order valence-corrected chi connectivity index (χ4v) is 3.99. The van der Waals surface area contributed by atoms with Crippen molar-refractivity contribution in [1.82, 2.24) is 14.8 Å². The van der Waals surface area contributed by atoms with E-state index in [4.69, 9.17) is 5.73 Å². The SMILES string of the molecule is CCCCCCCCCCCCCCCCCCN.Cn1c(S)nnc1-c1ccccc1. The van der Waals surface area contributed by atoms with Crippen LogP contribution in [0.1, 0.15) is 110 Å². The van der Waals surface area contributed by atoms with Crippen molar-refractivity contribution in [2.24, 2.45) is 12.8 Å². The quantitative estimate of drug-likeness (QED) is 0.186. The average Bonchev–Trinajstić information content (AvgIpc) is 3.15. The third-order valence-corrected chi connectivity index (χ3v) is 6.33. The summed E-state index contributed by atoms with van der Waals surface area (Å²) in [4.78, 5) is 0. The second kappa shape index (κ2) is 20.3. The number of thiol groups is 1. The second-order valence-electron chi connectivity index (χ2n) is 8.84. The van der Waals surface area contributed by atoms with Crippen LogP contribution in [0, 0.1) is 0 Å². The van der Waals surface area contributed by atoms with Crippen LogP contribution in [-0.2, 0) is 7.05 Å². The van der Waals surface area contributed by atoms with Gasteiger partial charge >= 0.3 is 0 Å². The summed E-state index contributed by atoms with van der Waals surface area (Å²) in [6.45, 7) is 3.16. The molecule has 32 heavy (non-hydrogen) atoms. The molecule has 4 nitrogen and oxygen atoms in total. The van der Waals surface area contributed by atoms with Gasteiger partial charge in [0.2, 0.25) is 0 Å². The van der Waals surface area contributed by atoms with Gasteiger partial charge in [-0.3, -0.25) is 0 Å². The number of nitrogens with two attached hydrogens (primary N) is 1. The molecule has 2 aromatic rings. The molecule has 0 aliphatic rings. The van der Waals surface area contributed by atoms with Crippen LogP contribution in [0.25, 0.3) is 11.4 Å². The maximum Gasteiger partial charge on any atom is 0.188 e. The molecule has 0 atom stereocenters. The Morgan fingerprint density at radius 2 is 1.12 bits per heavy atom. The molecule has 1 heterocycles. The van der Waals surface area contributed by atoms with Crippen molar-refractivity contribution in [3.05, 3.63) is 30.3 Å². The predicted molar refractivity (Wildman–Crippen MR) is 142 cm³/mol. The predicted octanol–water partition coefficient (Wildman–Crippen LogP) is 7.98. The molecule has 0 saturated carbocycles. The summed E-state index contributed by atoms with van der Waals surface area (Å²) in [7, 11) is 1.89. The van der Waals surface area contributed by atoms with Gasteiger partial charge in [0.15, 0.2) is 11.0 Å². The Balaban J connectivity index is 0.000000339. The first-order chi connectivity index (χ1) is 15.7. The number of aromatic nitrogens is 3. The minimum atomic E-state index is 0.624. The van der Waals surface area contributed by atoms with Crippen molar-refractivity contribution in [3.63, 3.8) is 0 Å². The smallest absolute Gasteiger partial charge is 0.188 e. The Labute approximate surface area is 203 Å². The maximum atomic E-state index is 5.48. The van der Waals surface area contributed by atoms with E-state index in [-0.39, 0.29) is 0 Å². The third-order valence-electron chi connectivity index (χ3n) is 5.94. The summed E-state index contributed by atoms with van der Waals surface area (Å²) in [6, 6.07) is 9.92. The highest BCUT2D eigenvalue weighted by Gasteiger charge is 2.06. The van der Waals surface area contributed by atoms with Crippen LogP contribution in [-0.4, -0.2) is 21.3 Å². The van der Waals surface area contributed by atoms with Crippen LogP contribution >= 0.6 is 12.6 Å². The molecule has 182 valence electrons. The molecule has 0 unspecified atom stereocenters. The Hall–Kier alpha value is -1.33. The van der Waals surface area contributed by atoms with E-state index < -0.39 is 0 Å². The van der Waals surface area contributed by atoms with Gasteiger partial charge < -0.3 is 10.3 Å². The summed E-state index contributed by atoms with van der Waals surface area (Å²) in [5.41, 5.74) is 6.54. The van der Waals surface area contributed by atoms with Crippen molar-refractivity contribution in [3.8, 4) is 11.4 Å². The van der Waals surface area contributed by atoms with E-state index >= 15 is 0 Å². The monoisotopic (exact) mass is 460 g/mol. The highest BCUT2D eigenvalue weighted by atomic mass is 32.1. The van der Waals surface area contributed by atoms with E-state index in [1.165, 1.54) is 103 Å². The number of unbranched alkanes of at least 4 members (excludes halogenated alkanes) is 15. The highest BCUT2D eigenvalue weighted by Crippen LogP contribution is 2.17. The van der Waals surface area contributed by atoms with Crippen LogP contribution in [0.3, 0.4) is 0 Å². The lowest BCUT2D eigenvalue weighted by molar-refractivity contribution is 0.530. The van der Waals surface area contributed by atoms with Crippen LogP contribution in [0.15, 0.2) is 35.5 Å². The van der Waals surface area contributed by atoms with Crippen LogP contribution < -0.4 is 5.73 Å². The highest BCUT2D eigenvalue weighted by molar-refractivity contribution is 7.80. The summed E-state index contributed by atoms with van der Waals surface area (Å²) < 4.78 is 1.85. The van der Waals surface area contributed by atoms with Gasteiger partial charge in [0, 0.05) is 12.6 Å². The van der Waals surface area contributed by atoms with Crippen LogP contribution in [0.5, 0.6) is 0 Å². The minimum absolute atomic E-state index is 0.624. The van der Waals surface area contributed by atoms with E-state index in [0.29, 0.717) is 5.16 Å². The van der Waals surface area contributed by atoms with Gasteiger partial charge in [-0.05, 0) is 13.0 Å². The van der Waals surface area contributed by atoms with Gasteiger partial charge in [0.1, 0.15) is 0 Å². The molecule has 2 N–H and O–H groups in total. The number of benzene rings is 1. The number of rotatable bonds is 17. The lowest BCUT2D eigenvalue weighted by Crippen LogP contribution is -1.97. The summed E-state index contributed by atoms with van der Waals surface area (Å²) >= 11 is 4.16. The van der Waals surface area contributed by atoms with Crippen molar-refractivity contribution in [1.29, 1.82) is 0 Å². The normalized spacial score (nSPS) is 10.8. The maximum absolute atomic E-state index is 5.48. The molecule has 1 aromatic heterocycles. The van der Waals surface area contributed by atoms with Crippen LogP contribution in [0.4, 0.5) is 0 Å². The molecule has 0 aliphatic heterocycles. The number of nitrogens with zero attached hydrogens (tertiary/aromatic N) is 3. The Kier molecular flexibility index (Phi) is 18.2. The standard InChI is InChI=1S/C18H39N.C9H9N3S/c1-2-3-4-5-6-7-8-9-10-11-12-13-14-15-16-17-18-19;1-12-8(10-11-9(12)13)7-5-3-2-4-6-7/h2-19H2,1H3;2-6H,1H3,(H,11,13). The van der Waals surface area contributed by atoms with E-state index in [1.54, 1.807) is 0 Å². The zero-order valence-electron chi connectivity index (χ0n) is 20.8. The van der Waals surface area contributed by atoms with Gasteiger partial charge in [-0.2, -0.15) is 0 Å². The molecule has 2 rings (SSSR count). The average molecular weight is 461 g/mol. The van der Waals surface area contributed by atoms with E-state index in [2.05, 4.69) is 29.7 Å². The molecule has 0 aliphatic carbocycles. The zero-order chi connectivity index (χ0) is 23.3. The van der Waals surface area contributed by atoms with Crippen LogP contribution in [0.2, 0.25) is 0 Å². The van der Waals surface area contributed by atoms with E-state index in [0.717, 1.165) is 17.9 Å². The molecular weight excluding hydrogens is 412 g/mol. The van der Waals surface area contributed by atoms with Crippen molar-refractivity contribution in [2.45, 2.75) is 115 Å². The molecule has 0 bridgehead atoms. The van der Waals surface area contributed by atoms with E-state index in [1.807, 2.05) is 41.9 Å².